The lowest BCUT2D eigenvalue weighted by Crippen LogP contribution is -2.03. The Kier molecular flexibility index (Phi) is 4.08. The van der Waals surface area contributed by atoms with Crippen LogP contribution in [0.3, 0.4) is 0 Å². The molecule has 7 heteroatoms. The zero-order chi connectivity index (χ0) is 16.4. The Morgan fingerprint density at radius 3 is 2.87 bits per heavy atom. The van der Waals surface area contributed by atoms with Crippen LogP contribution < -0.4 is 5.32 Å². The van der Waals surface area contributed by atoms with Crippen molar-refractivity contribution in [2.24, 2.45) is 0 Å². The Bertz CT molecular complexity index is 902. The number of nitrogens with one attached hydrogen (secondary N) is 1. The maximum Gasteiger partial charge on any atom is 0.269 e. The van der Waals surface area contributed by atoms with Crippen molar-refractivity contribution in [2.45, 2.75) is 6.54 Å². The molecule has 5 nitrogen and oxygen atoms in total. The third-order valence-electron chi connectivity index (χ3n) is 3.40. The van der Waals surface area contributed by atoms with Gasteiger partial charge in [0, 0.05) is 30.3 Å². The molecule has 0 unspecified atom stereocenters. The van der Waals surface area contributed by atoms with E-state index in [2.05, 4.69) is 10.3 Å². The molecule has 0 amide bonds. The van der Waals surface area contributed by atoms with Gasteiger partial charge in [0.15, 0.2) is 5.82 Å². The van der Waals surface area contributed by atoms with E-state index in [-0.39, 0.29) is 23.4 Å². The zero-order valence-corrected chi connectivity index (χ0v) is 12.5. The van der Waals surface area contributed by atoms with Gasteiger partial charge in [-0.15, -0.1) is 0 Å². The van der Waals surface area contributed by atoms with Crippen LogP contribution in [0.25, 0.3) is 10.9 Å². The number of nitro groups is 1. The molecule has 2 aromatic carbocycles. The van der Waals surface area contributed by atoms with E-state index in [1.807, 2.05) is 0 Å². The first-order chi connectivity index (χ1) is 11.1. The van der Waals surface area contributed by atoms with E-state index in [4.69, 9.17) is 11.6 Å². The molecular weight excluding hydrogens is 321 g/mol. The second-order valence-electron chi connectivity index (χ2n) is 4.90. The van der Waals surface area contributed by atoms with Crippen LogP contribution in [0.15, 0.2) is 48.7 Å². The molecule has 0 aliphatic rings. The van der Waals surface area contributed by atoms with Crippen LogP contribution in [0.1, 0.15) is 5.56 Å². The van der Waals surface area contributed by atoms with Gasteiger partial charge in [-0.2, -0.15) is 0 Å². The SMILES string of the molecule is O=[N+]([O-])c1cccc(CNc2ccc3c(Cl)ccnc3c2F)c1. The van der Waals surface area contributed by atoms with Crippen molar-refractivity contribution < 1.29 is 9.31 Å². The summed E-state index contributed by atoms with van der Waals surface area (Å²) in [6.45, 7) is 0.255. The maximum atomic E-state index is 14.5. The summed E-state index contributed by atoms with van der Waals surface area (Å²) in [5, 5.41) is 14.7. The monoisotopic (exact) mass is 331 g/mol. The predicted molar refractivity (Wildman–Crippen MR) is 87.1 cm³/mol. The number of benzene rings is 2. The van der Waals surface area contributed by atoms with E-state index >= 15 is 0 Å². The van der Waals surface area contributed by atoms with Crippen LogP contribution in [-0.2, 0) is 6.54 Å². The highest BCUT2D eigenvalue weighted by Crippen LogP contribution is 2.28. The van der Waals surface area contributed by atoms with Crippen LogP contribution in [0.2, 0.25) is 5.02 Å². The number of non-ortho nitro benzene ring substituents is 1. The Balaban J connectivity index is 1.86. The van der Waals surface area contributed by atoms with E-state index in [1.165, 1.54) is 18.3 Å². The largest absolute Gasteiger partial charge is 0.379 e. The van der Waals surface area contributed by atoms with Gasteiger partial charge in [0.2, 0.25) is 0 Å². The number of nitro benzene ring substituents is 1. The molecule has 0 saturated carbocycles. The van der Waals surface area contributed by atoms with Crippen molar-refractivity contribution in [3.05, 3.63) is 75.2 Å². The van der Waals surface area contributed by atoms with Crippen molar-refractivity contribution in [2.75, 3.05) is 5.32 Å². The van der Waals surface area contributed by atoms with Crippen molar-refractivity contribution in [3.63, 3.8) is 0 Å². The molecule has 0 atom stereocenters. The Morgan fingerprint density at radius 1 is 1.26 bits per heavy atom. The number of anilines is 1. The lowest BCUT2D eigenvalue weighted by molar-refractivity contribution is -0.384. The molecule has 23 heavy (non-hydrogen) atoms. The molecular formula is C16H11ClFN3O2. The van der Waals surface area contributed by atoms with Crippen molar-refractivity contribution in [3.8, 4) is 0 Å². The highest BCUT2D eigenvalue weighted by molar-refractivity contribution is 6.35. The summed E-state index contributed by atoms with van der Waals surface area (Å²) in [4.78, 5) is 14.3. The van der Waals surface area contributed by atoms with Gasteiger partial charge in [-0.05, 0) is 23.8 Å². The van der Waals surface area contributed by atoms with Crippen molar-refractivity contribution >= 4 is 33.9 Å². The van der Waals surface area contributed by atoms with Gasteiger partial charge in [-0.3, -0.25) is 15.1 Å². The highest BCUT2D eigenvalue weighted by Gasteiger charge is 2.11. The van der Waals surface area contributed by atoms with E-state index < -0.39 is 10.7 Å². The number of hydrogen-bond acceptors (Lipinski definition) is 4. The molecule has 116 valence electrons. The van der Waals surface area contributed by atoms with Gasteiger partial charge in [-0.25, -0.2) is 4.39 Å². The smallest absolute Gasteiger partial charge is 0.269 e. The van der Waals surface area contributed by atoms with Crippen LogP contribution in [0, 0.1) is 15.9 Å². The number of hydrogen-bond donors (Lipinski definition) is 1. The minimum Gasteiger partial charge on any atom is -0.379 e. The Labute approximate surface area is 135 Å². The van der Waals surface area contributed by atoms with Gasteiger partial charge in [-0.1, -0.05) is 23.7 Å². The fraction of sp³-hybridized carbons (Fsp3) is 0.0625. The molecule has 0 radical (unpaired) electrons. The number of halogens is 2. The summed E-state index contributed by atoms with van der Waals surface area (Å²) in [5.74, 6) is -0.504. The predicted octanol–water partition coefficient (Wildman–Crippen LogP) is 4.55. The minimum atomic E-state index is -0.504. The van der Waals surface area contributed by atoms with Gasteiger partial charge in [0.05, 0.1) is 15.6 Å². The van der Waals surface area contributed by atoms with Crippen molar-refractivity contribution in [1.82, 2.24) is 4.98 Å². The number of rotatable bonds is 4. The first kappa shape index (κ1) is 15.2. The highest BCUT2D eigenvalue weighted by atomic mass is 35.5. The zero-order valence-electron chi connectivity index (χ0n) is 11.8. The first-order valence-corrected chi connectivity index (χ1v) is 7.14. The van der Waals surface area contributed by atoms with Crippen molar-refractivity contribution in [1.29, 1.82) is 0 Å². The lowest BCUT2D eigenvalue weighted by Gasteiger charge is -2.10. The van der Waals surface area contributed by atoms with E-state index in [1.54, 1.807) is 30.3 Å². The summed E-state index contributed by atoms with van der Waals surface area (Å²) in [5.41, 5.74) is 1.12. The topological polar surface area (TPSA) is 68.1 Å². The number of aromatic nitrogens is 1. The molecule has 0 fully saturated rings. The Morgan fingerprint density at radius 2 is 2.09 bits per heavy atom. The maximum absolute atomic E-state index is 14.5. The molecule has 1 heterocycles. The Hall–Kier alpha value is -2.73. The quantitative estimate of drug-likeness (QED) is 0.562. The second kappa shape index (κ2) is 6.18. The van der Waals surface area contributed by atoms with Gasteiger partial charge in [0.25, 0.3) is 5.69 Å². The number of nitrogens with zero attached hydrogens (tertiary/aromatic N) is 2. The number of pyridine rings is 1. The average Bonchev–Trinajstić information content (AvgIpc) is 2.55. The third-order valence-corrected chi connectivity index (χ3v) is 3.73. The van der Waals surface area contributed by atoms with Gasteiger partial charge < -0.3 is 5.32 Å². The lowest BCUT2D eigenvalue weighted by atomic mass is 10.1. The van der Waals surface area contributed by atoms with Gasteiger partial charge >= 0.3 is 0 Å². The fourth-order valence-electron chi connectivity index (χ4n) is 2.26. The molecule has 3 rings (SSSR count). The molecule has 1 aromatic heterocycles. The molecule has 0 saturated heterocycles. The molecule has 0 aliphatic carbocycles. The second-order valence-corrected chi connectivity index (χ2v) is 5.30. The van der Waals surface area contributed by atoms with E-state index in [0.29, 0.717) is 16.0 Å². The summed E-state index contributed by atoms with van der Waals surface area (Å²) >= 11 is 6.01. The van der Waals surface area contributed by atoms with Gasteiger partial charge in [0.1, 0.15) is 5.52 Å². The van der Waals surface area contributed by atoms with E-state index in [0.717, 1.165) is 0 Å². The molecule has 0 spiro atoms. The first-order valence-electron chi connectivity index (χ1n) is 6.76. The van der Waals surface area contributed by atoms with Crippen LogP contribution in [0.5, 0.6) is 0 Å². The summed E-state index contributed by atoms with van der Waals surface area (Å²) < 4.78 is 14.5. The molecule has 3 aromatic rings. The molecule has 0 bridgehead atoms. The standard InChI is InChI=1S/C16H11ClFN3O2/c17-13-6-7-19-16-12(13)4-5-14(15(16)18)20-9-10-2-1-3-11(8-10)21(22)23/h1-8,20H,9H2. The van der Waals surface area contributed by atoms with Crippen LogP contribution >= 0.6 is 11.6 Å². The van der Waals surface area contributed by atoms with E-state index in [9.17, 15) is 14.5 Å². The fourth-order valence-corrected chi connectivity index (χ4v) is 2.47. The van der Waals surface area contributed by atoms with Crippen LogP contribution in [-0.4, -0.2) is 9.91 Å². The van der Waals surface area contributed by atoms with Crippen LogP contribution in [0.4, 0.5) is 15.8 Å². The summed E-state index contributed by atoms with van der Waals surface area (Å²) in [7, 11) is 0. The average molecular weight is 332 g/mol. The molecule has 0 aliphatic heterocycles. The minimum absolute atomic E-state index is 0.00303. The summed E-state index contributed by atoms with van der Waals surface area (Å²) in [6, 6.07) is 11.0. The third kappa shape index (κ3) is 3.07. The normalized spacial score (nSPS) is 10.7. The number of fused-ring (bicyclic) bond motifs is 1. The summed E-state index contributed by atoms with van der Waals surface area (Å²) in [6.07, 6.45) is 1.44. The molecule has 1 N–H and O–H groups in total.